The number of carboxylic acid groups (broad SMARTS) is 1. The van der Waals surface area contributed by atoms with E-state index < -0.39 is 12.1 Å². The van der Waals surface area contributed by atoms with E-state index in [1.807, 2.05) is 25.1 Å². The summed E-state index contributed by atoms with van der Waals surface area (Å²) >= 11 is 0. The number of aryl methyl sites for hydroxylation is 1. The molecule has 0 aromatic heterocycles. The van der Waals surface area contributed by atoms with E-state index in [1.165, 1.54) is 0 Å². The molecule has 5 nitrogen and oxygen atoms in total. The molecule has 0 saturated heterocycles. The zero-order valence-corrected chi connectivity index (χ0v) is 13.4. The highest BCUT2D eigenvalue weighted by Gasteiger charge is 2.22. The van der Waals surface area contributed by atoms with Gasteiger partial charge in [0.05, 0.1) is 14.2 Å². The van der Waals surface area contributed by atoms with Gasteiger partial charge in [0.15, 0.2) is 6.10 Å². The van der Waals surface area contributed by atoms with Crippen molar-refractivity contribution in [3.63, 3.8) is 0 Å². The van der Waals surface area contributed by atoms with Crippen molar-refractivity contribution >= 4 is 5.97 Å². The van der Waals surface area contributed by atoms with Crippen LogP contribution in [0.25, 0.3) is 0 Å². The minimum Gasteiger partial charge on any atom is -0.497 e. The fourth-order valence-corrected chi connectivity index (χ4v) is 2.26. The molecule has 0 amide bonds. The molecule has 2 aromatic carbocycles. The van der Waals surface area contributed by atoms with E-state index >= 15 is 0 Å². The van der Waals surface area contributed by atoms with Crippen LogP contribution in [0.3, 0.4) is 0 Å². The van der Waals surface area contributed by atoms with E-state index in [0.29, 0.717) is 17.2 Å². The highest BCUT2D eigenvalue weighted by molar-refractivity contribution is 5.73. The van der Waals surface area contributed by atoms with Gasteiger partial charge in [0, 0.05) is 6.42 Å². The van der Waals surface area contributed by atoms with Crippen molar-refractivity contribution in [2.45, 2.75) is 19.4 Å². The van der Waals surface area contributed by atoms with Crippen LogP contribution in [0.5, 0.6) is 17.2 Å². The lowest BCUT2D eigenvalue weighted by atomic mass is 10.0. The first-order chi connectivity index (χ1) is 11.0. The quantitative estimate of drug-likeness (QED) is 0.850. The molecule has 0 heterocycles. The molecular weight excluding hydrogens is 296 g/mol. The SMILES string of the molecule is COc1ccc(O[C@H](Cc2cc(C)ccc2OC)C(=O)O)cc1. The summed E-state index contributed by atoms with van der Waals surface area (Å²) in [5.41, 5.74) is 1.84. The maximum absolute atomic E-state index is 11.5. The number of hydrogen-bond donors (Lipinski definition) is 1. The summed E-state index contributed by atoms with van der Waals surface area (Å²) in [7, 11) is 3.13. The molecule has 2 rings (SSSR count). The summed E-state index contributed by atoms with van der Waals surface area (Å²) < 4.78 is 16.0. The highest BCUT2D eigenvalue weighted by atomic mass is 16.5. The fourth-order valence-electron chi connectivity index (χ4n) is 2.26. The number of aliphatic carboxylic acids is 1. The van der Waals surface area contributed by atoms with E-state index in [0.717, 1.165) is 11.1 Å². The van der Waals surface area contributed by atoms with Crippen LogP contribution in [-0.2, 0) is 11.2 Å². The molecule has 0 aliphatic carbocycles. The molecule has 0 bridgehead atoms. The van der Waals surface area contributed by atoms with Crippen LogP contribution in [0.1, 0.15) is 11.1 Å². The number of benzene rings is 2. The second-order valence-electron chi connectivity index (χ2n) is 5.14. The molecule has 122 valence electrons. The fraction of sp³-hybridized carbons (Fsp3) is 0.278. The van der Waals surface area contributed by atoms with E-state index in [9.17, 15) is 9.90 Å². The lowest BCUT2D eigenvalue weighted by Crippen LogP contribution is -2.29. The zero-order valence-electron chi connectivity index (χ0n) is 13.4. The third-order valence-corrected chi connectivity index (χ3v) is 3.45. The molecule has 5 heteroatoms. The van der Waals surface area contributed by atoms with Crippen LogP contribution < -0.4 is 14.2 Å². The van der Waals surface area contributed by atoms with Gasteiger partial charge in [-0.05, 0) is 42.8 Å². The Balaban J connectivity index is 2.18. The Morgan fingerprint density at radius 2 is 1.70 bits per heavy atom. The summed E-state index contributed by atoms with van der Waals surface area (Å²) in [4.78, 5) is 11.5. The van der Waals surface area contributed by atoms with Crippen LogP contribution in [-0.4, -0.2) is 31.4 Å². The van der Waals surface area contributed by atoms with Crippen molar-refractivity contribution in [3.8, 4) is 17.2 Å². The lowest BCUT2D eigenvalue weighted by Gasteiger charge is -2.17. The first-order valence-electron chi connectivity index (χ1n) is 7.20. The Kier molecular flexibility index (Phi) is 5.46. The van der Waals surface area contributed by atoms with Gasteiger partial charge in [-0.2, -0.15) is 0 Å². The molecule has 0 spiro atoms. The van der Waals surface area contributed by atoms with Gasteiger partial charge in [0.1, 0.15) is 17.2 Å². The Hall–Kier alpha value is -2.69. The second kappa shape index (κ2) is 7.54. The molecule has 0 saturated carbocycles. The van der Waals surface area contributed by atoms with Gasteiger partial charge in [-0.15, -0.1) is 0 Å². The Morgan fingerprint density at radius 3 is 2.26 bits per heavy atom. The predicted octanol–water partition coefficient (Wildman–Crippen LogP) is 3.09. The minimum atomic E-state index is -1.02. The standard InChI is InChI=1S/C18H20O5/c1-12-4-9-16(22-3)13(10-12)11-17(18(19)20)23-15-7-5-14(21-2)6-8-15/h4-10,17H,11H2,1-3H3,(H,19,20)/t17-/m1/s1. The molecular formula is C18H20O5. The number of ether oxygens (including phenoxy) is 3. The average molecular weight is 316 g/mol. The van der Waals surface area contributed by atoms with Crippen LogP contribution >= 0.6 is 0 Å². The zero-order chi connectivity index (χ0) is 16.8. The van der Waals surface area contributed by atoms with Crippen LogP contribution in [0.2, 0.25) is 0 Å². The van der Waals surface area contributed by atoms with Crippen molar-refractivity contribution in [3.05, 3.63) is 53.6 Å². The third-order valence-electron chi connectivity index (χ3n) is 3.45. The Morgan fingerprint density at radius 1 is 1.04 bits per heavy atom. The third kappa shape index (κ3) is 4.39. The van der Waals surface area contributed by atoms with Crippen LogP contribution in [0.15, 0.2) is 42.5 Å². The number of methoxy groups -OCH3 is 2. The van der Waals surface area contributed by atoms with Gasteiger partial charge in [0.25, 0.3) is 0 Å². The first kappa shape index (κ1) is 16.7. The van der Waals surface area contributed by atoms with Gasteiger partial charge < -0.3 is 19.3 Å². The summed E-state index contributed by atoms with van der Waals surface area (Å²) in [5, 5.41) is 9.44. The molecule has 1 atom stereocenters. The van der Waals surface area contributed by atoms with Crippen molar-refractivity contribution in [2.24, 2.45) is 0 Å². The smallest absolute Gasteiger partial charge is 0.345 e. The van der Waals surface area contributed by atoms with Gasteiger partial charge in [0.2, 0.25) is 0 Å². The first-order valence-corrected chi connectivity index (χ1v) is 7.20. The number of rotatable bonds is 7. The van der Waals surface area contributed by atoms with E-state index in [4.69, 9.17) is 14.2 Å². The topological polar surface area (TPSA) is 65.0 Å². The predicted molar refractivity (Wildman–Crippen MR) is 86.5 cm³/mol. The highest BCUT2D eigenvalue weighted by Crippen LogP contribution is 2.24. The van der Waals surface area contributed by atoms with Crippen LogP contribution in [0.4, 0.5) is 0 Å². The summed E-state index contributed by atoms with van der Waals surface area (Å²) in [6.45, 7) is 1.95. The summed E-state index contributed by atoms with van der Waals surface area (Å²) in [5.74, 6) is 0.791. The maximum Gasteiger partial charge on any atom is 0.345 e. The van der Waals surface area contributed by atoms with Crippen molar-refractivity contribution < 1.29 is 24.1 Å². The number of carboxylic acids is 1. The molecule has 0 radical (unpaired) electrons. The van der Waals surface area contributed by atoms with E-state index in [2.05, 4.69) is 0 Å². The Bertz CT molecular complexity index is 664. The van der Waals surface area contributed by atoms with E-state index in [-0.39, 0.29) is 6.42 Å². The normalized spacial score (nSPS) is 11.6. The second-order valence-corrected chi connectivity index (χ2v) is 5.14. The molecule has 2 aromatic rings. The van der Waals surface area contributed by atoms with Crippen molar-refractivity contribution in [1.82, 2.24) is 0 Å². The summed E-state index contributed by atoms with van der Waals surface area (Å²) in [6.07, 6.45) is -0.786. The number of carbonyl (C=O) groups is 1. The van der Waals surface area contributed by atoms with Crippen molar-refractivity contribution in [1.29, 1.82) is 0 Å². The van der Waals surface area contributed by atoms with E-state index in [1.54, 1.807) is 38.5 Å². The van der Waals surface area contributed by atoms with Gasteiger partial charge >= 0.3 is 5.97 Å². The molecule has 23 heavy (non-hydrogen) atoms. The molecule has 0 unspecified atom stereocenters. The molecule has 0 aliphatic heterocycles. The summed E-state index contributed by atoms with van der Waals surface area (Å²) in [6, 6.07) is 12.5. The van der Waals surface area contributed by atoms with Crippen LogP contribution in [0, 0.1) is 6.92 Å². The Labute approximate surface area is 135 Å². The molecule has 1 N–H and O–H groups in total. The van der Waals surface area contributed by atoms with Gasteiger partial charge in [-0.1, -0.05) is 17.7 Å². The molecule has 0 aliphatic rings. The van der Waals surface area contributed by atoms with Gasteiger partial charge in [-0.25, -0.2) is 4.79 Å². The average Bonchev–Trinajstić information content (AvgIpc) is 2.55. The monoisotopic (exact) mass is 316 g/mol. The van der Waals surface area contributed by atoms with Gasteiger partial charge in [-0.3, -0.25) is 0 Å². The maximum atomic E-state index is 11.5. The molecule has 0 fully saturated rings. The lowest BCUT2D eigenvalue weighted by molar-refractivity contribution is -0.145. The van der Waals surface area contributed by atoms with Crippen molar-refractivity contribution in [2.75, 3.05) is 14.2 Å². The largest absolute Gasteiger partial charge is 0.497 e. The number of hydrogen-bond acceptors (Lipinski definition) is 4. The minimum absolute atomic E-state index is 0.214.